The molecule has 4 nitrogen and oxygen atoms in total. The van der Waals surface area contributed by atoms with Gasteiger partial charge in [-0.3, -0.25) is 9.69 Å². The summed E-state index contributed by atoms with van der Waals surface area (Å²) in [4.78, 5) is 14.2. The predicted octanol–water partition coefficient (Wildman–Crippen LogP) is 1.09. The zero-order valence-corrected chi connectivity index (χ0v) is 12.6. The average molecular weight is 286 g/mol. The number of nitrogens with one attached hydrogen (secondary N) is 1. The van der Waals surface area contributed by atoms with Crippen molar-refractivity contribution in [2.24, 2.45) is 5.92 Å². The Morgan fingerprint density at radius 1 is 1.32 bits per heavy atom. The number of aliphatic hydroxyl groups excluding tert-OH is 1. The van der Waals surface area contributed by atoms with Gasteiger partial charge >= 0.3 is 0 Å². The maximum absolute atomic E-state index is 12.0. The van der Waals surface area contributed by atoms with Crippen molar-refractivity contribution < 1.29 is 9.90 Å². The predicted molar refractivity (Wildman–Crippen MR) is 79.3 cm³/mol. The Bertz CT molecular complexity index is 287. The second-order valence-corrected chi connectivity index (χ2v) is 7.05. The van der Waals surface area contributed by atoms with Crippen LogP contribution < -0.4 is 5.32 Å². The van der Waals surface area contributed by atoms with Crippen molar-refractivity contribution in [3.63, 3.8) is 0 Å². The molecule has 1 saturated heterocycles. The lowest BCUT2D eigenvalue weighted by Gasteiger charge is -2.29. The number of likely N-dealkylation sites (N-methyl/N-ethyl adjacent to an activating group) is 1. The van der Waals surface area contributed by atoms with E-state index in [-0.39, 0.29) is 5.91 Å². The molecule has 110 valence electrons. The maximum Gasteiger partial charge on any atom is 0.234 e. The zero-order valence-electron chi connectivity index (χ0n) is 11.8. The van der Waals surface area contributed by atoms with E-state index in [4.69, 9.17) is 5.11 Å². The molecule has 1 unspecified atom stereocenters. The Kier molecular flexibility index (Phi) is 5.98. The largest absolute Gasteiger partial charge is 0.396 e. The minimum absolute atomic E-state index is 0.159. The van der Waals surface area contributed by atoms with Crippen molar-refractivity contribution >= 4 is 17.7 Å². The summed E-state index contributed by atoms with van der Waals surface area (Å²) >= 11 is 1.98. The highest BCUT2D eigenvalue weighted by atomic mass is 32.2. The zero-order chi connectivity index (χ0) is 13.7. The van der Waals surface area contributed by atoms with Crippen molar-refractivity contribution in [1.82, 2.24) is 10.2 Å². The van der Waals surface area contributed by atoms with Crippen LogP contribution in [-0.4, -0.2) is 59.7 Å². The van der Waals surface area contributed by atoms with Crippen LogP contribution in [0.3, 0.4) is 0 Å². The Labute approximate surface area is 120 Å². The number of carbonyl (C=O) groups excluding carboxylic acids is 1. The van der Waals surface area contributed by atoms with E-state index in [0.717, 1.165) is 31.4 Å². The number of amides is 1. The van der Waals surface area contributed by atoms with Gasteiger partial charge in [0.2, 0.25) is 5.91 Å². The monoisotopic (exact) mass is 286 g/mol. The van der Waals surface area contributed by atoms with Crippen LogP contribution in [0.5, 0.6) is 0 Å². The first-order valence-corrected chi connectivity index (χ1v) is 8.52. The van der Waals surface area contributed by atoms with Gasteiger partial charge < -0.3 is 10.4 Å². The highest BCUT2D eigenvalue weighted by Crippen LogP contribution is 2.24. The molecule has 2 N–H and O–H groups in total. The first-order valence-electron chi connectivity index (χ1n) is 7.37. The lowest BCUT2D eigenvalue weighted by molar-refractivity contribution is -0.123. The number of hydrogen-bond donors (Lipinski definition) is 2. The standard InChI is InChI=1S/C14H26N2O2S/c1-16(13-6-7-19-10-13)8-14(18)15-12-4-2-11(9-17)3-5-12/h11-13,17H,2-10H2,1H3,(H,15,18). The molecule has 0 radical (unpaired) electrons. The minimum Gasteiger partial charge on any atom is -0.396 e. The highest BCUT2D eigenvalue weighted by molar-refractivity contribution is 7.99. The second-order valence-electron chi connectivity index (χ2n) is 5.90. The van der Waals surface area contributed by atoms with Crippen molar-refractivity contribution in [2.75, 3.05) is 31.7 Å². The van der Waals surface area contributed by atoms with E-state index in [1.54, 1.807) is 0 Å². The molecule has 1 aliphatic heterocycles. The van der Waals surface area contributed by atoms with E-state index in [1.165, 1.54) is 12.2 Å². The molecule has 2 aliphatic rings. The van der Waals surface area contributed by atoms with Crippen LogP contribution in [0.15, 0.2) is 0 Å². The Morgan fingerprint density at radius 3 is 2.63 bits per heavy atom. The lowest BCUT2D eigenvalue weighted by Crippen LogP contribution is -2.45. The van der Waals surface area contributed by atoms with Crippen LogP contribution in [0.25, 0.3) is 0 Å². The summed E-state index contributed by atoms with van der Waals surface area (Å²) in [6.07, 6.45) is 5.31. The first-order chi connectivity index (χ1) is 9.19. The molecule has 0 aromatic carbocycles. The van der Waals surface area contributed by atoms with Gasteiger partial charge in [0.25, 0.3) is 0 Å². The van der Waals surface area contributed by atoms with Gasteiger partial charge in [0.05, 0.1) is 6.54 Å². The number of rotatable bonds is 5. The quantitative estimate of drug-likeness (QED) is 0.794. The summed E-state index contributed by atoms with van der Waals surface area (Å²) in [6, 6.07) is 0.891. The molecule has 1 heterocycles. The van der Waals surface area contributed by atoms with Gasteiger partial charge in [-0.05, 0) is 50.8 Å². The third-order valence-electron chi connectivity index (χ3n) is 4.39. The van der Waals surface area contributed by atoms with Crippen LogP contribution in [0.2, 0.25) is 0 Å². The van der Waals surface area contributed by atoms with Crippen molar-refractivity contribution in [3.05, 3.63) is 0 Å². The van der Waals surface area contributed by atoms with E-state index >= 15 is 0 Å². The number of thioether (sulfide) groups is 1. The Morgan fingerprint density at radius 2 is 2.05 bits per heavy atom. The van der Waals surface area contributed by atoms with E-state index in [1.807, 2.05) is 11.8 Å². The molecule has 1 atom stereocenters. The number of aliphatic hydroxyl groups is 1. The van der Waals surface area contributed by atoms with Crippen LogP contribution in [0.1, 0.15) is 32.1 Å². The summed E-state index contributed by atoms with van der Waals surface area (Å²) in [5, 5.41) is 12.3. The molecule has 0 bridgehead atoms. The highest BCUT2D eigenvalue weighted by Gasteiger charge is 2.24. The SMILES string of the molecule is CN(CC(=O)NC1CCC(CO)CC1)C1CCSC1. The second kappa shape index (κ2) is 7.50. The normalized spacial score (nSPS) is 31.6. The van der Waals surface area contributed by atoms with Gasteiger partial charge in [-0.2, -0.15) is 11.8 Å². The third-order valence-corrected chi connectivity index (χ3v) is 5.54. The van der Waals surface area contributed by atoms with Crippen LogP contribution in [0.4, 0.5) is 0 Å². The Hall–Kier alpha value is -0.260. The van der Waals surface area contributed by atoms with Crippen LogP contribution >= 0.6 is 11.8 Å². The van der Waals surface area contributed by atoms with Gasteiger partial charge in [-0.25, -0.2) is 0 Å². The summed E-state index contributed by atoms with van der Waals surface area (Å²) < 4.78 is 0. The molecule has 1 saturated carbocycles. The molecular weight excluding hydrogens is 260 g/mol. The van der Waals surface area contributed by atoms with Crippen molar-refractivity contribution in [1.29, 1.82) is 0 Å². The maximum atomic E-state index is 12.0. The molecular formula is C14H26N2O2S. The lowest BCUT2D eigenvalue weighted by atomic mass is 9.86. The molecule has 0 spiro atoms. The van der Waals surface area contributed by atoms with Crippen LogP contribution in [0, 0.1) is 5.92 Å². The van der Waals surface area contributed by atoms with Crippen molar-refractivity contribution in [3.8, 4) is 0 Å². The molecule has 0 aromatic rings. The van der Waals surface area contributed by atoms with E-state index in [9.17, 15) is 4.79 Å². The fourth-order valence-electron chi connectivity index (χ4n) is 2.99. The molecule has 1 amide bonds. The average Bonchev–Trinajstić information content (AvgIpc) is 2.93. The number of hydrogen-bond acceptors (Lipinski definition) is 4. The van der Waals surface area contributed by atoms with Gasteiger partial charge in [-0.15, -0.1) is 0 Å². The summed E-state index contributed by atoms with van der Waals surface area (Å²) in [7, 11) is 2.05. The molecule has 19 heavy (non-hydrogen) atoms. The fourth-order valence-corrected chi connectivity index (χ4v) is 4.29. The smallest absolute Gasteiger partial charge is 0.234 e. The molecule has 1 aliphatic carbocycles. The minimum atomic E-state index is 0.159. The summed E-state index contributed by atoms with van der Waals surface area (Å²) in [5.74, 6) is 2.99. The fraction of sp³-hybridized carbons (Fsp3) is 0.929. The first kappa shape index (κ1) is 15.1. The van der Waals surface area contributed by atoms with E-state index in [2.05, 4.69) is 17.3 Å². The van der Waals surface area contributed by atoms with Gasteiger partial charge in [0.1, 0.15) is 0 Å². The number of carbonyl (C=O) groups is 1. The summed E-state index contributed by atoms with van der Waals surface area (Å²) in [5.41, 5.74) is 0. The van der Waals surface area contributed by atoms with Gasteiger partial charge in [-0.1, -0.05) is 0 Å². The van der Waals surface area contributed by atoms with Crippen molar-refractivity contribution in [2.45, 2.75) is 44.2 Å². The van der Waals surface area contributed by atoms with E-state index in [0.29, 0.717) is 31.2 Å². The molecule has 2 rings (SSSR count). The molecule has 5 heteroatoms. The van der Waals surface area contributed by atoms with Gasteiger partial charge in [0.15, 0.2) is 0 Å². The number of nitrogens with zero attached hydrogens (tertiary/aromatic N) is 1. The van der Waals surface area contributed by atoms with E-state index < -0.39 is 0 Å². The molecule has 2 fully saturated rings. The van der Waals surface area contributed by atoms with Gasteiger partial charge in [0, 0.05) is 24.4 Å². The topological polar surface area (TPSA) is 52.6 Å². The third kappa shape index (κ3) is 4.65. The van der Waals surface area contributed by atoms with Crippen LogP contribution in [-0.2, 0) is 4.79 Å². The Balaban J connectivity index is 1.66. The summed E-state index contributed by atoms with van der Waals surface area (Å²) in [6.45, 7) is 0.813. The molecule has 0 aromatic heterocycles.